The molecule has 0 amide bonds. The SMILES string of the molecule is FC(F)(F)CCc1noc(C2CCCCCN2)n1. The summed E-state index contributed by atoms with van der Waals surface area (Å²) >= 11 is 0. The van der Waals surface area contributed by atoms with Gasteiger partial charge in [-0.1, -0.05) is 18.0 Å². The van der Waals surface area contributed by atoms with Crippen molar-refractivity contribution in [2.75, 3.05) is 6.54 Å². The van der Waals surface area contributed by atoms with Crippen LogP contribution in [-0.4, -0.2) is 22.9 Å². The molecule has 0 radical (unpaired) electrons. The second-order valence-corrected chi connectivity index (χ2v) is 4.52. The molecule has 0 bridgehead atoms. The summed E-state index contributed by atoms with van der Waals surface area (Å²) in [6.07, 6.45) is -1.10. The van der Waals surface area contributed by atoms with Gasteiger partial charge >= 0.3 is 6.18 Å². The highest BCUT2D eigenvalue weighted by atomic mass is 19.4. The van der Waals surface area contributed by atoms with Crippen LogP contribution in [0.1, 0.15) is 49.9 Å². The zero-order valence-electron chi connectivity index (χ0n) is 9.96. The predicted molar refractivity (Wildman–Crippen MR) is 57.9 cm³/mol. The molecule has 1 saturated heterocycles. The molecule has 1 aromatic rings. The molecular formula is C11H16F3N3O. The lowest BCUT2D eigenvalue weighted by atomic mass is 10.1. The van der Waals surface area contributed by atoms with E-state index in [0.717, 1.165) is 32.2 Å². The molecule has 7 heteroatoms. The Morgan fingerprint density at radius 3 is 2.89 bits per heavy atom. The Hall–Kier alpha value is -1.11. The average Bonchev–Trinajstić information content (AvgIpc) is 2.60. The molecule has 4 nitrogen and oxygen atoms in total. The van der Waals surface area contributed by atoms with Gasteiger partial charge in [-0.15, -0.1) is 0 Å². The van der Waals surface area contributed by atoms with E-state index < -0.39 is 12.6 Å². The number of nitrogens with one attached hydrogen (secondary N) is 1. The Balaban J connectivity index is 1.92. The maximum Gasteiger partial charge on any atom is 0.389 e. The fraction of sp³-hybridized carbons (Fsp3) is 0.818. The smallest absolute Gasteiger partial charge is 0.338 e. The van der Waals surface area contributed by atoms with Crippen LogP contribution < -0.4 is 5.32 Å². The number of rotatable bonds is 3. The number of aryl methyl sites for hydroxylation is 1. The molecule has 2 rings (SSSR count). The summed E-state index contributed by atoms with van der Waals surface area (Å²) in [5.41, 5.74) is 0. The van der Waals surface area contributed by atoms with E-state index in [2.05, 4.69) is 15.5 Å². The normalized spacial score (nSPS) is 21.8. The van der Waals surface area contributed by atoms with Gasteiger partial charge in [-0.25, -0.2) is 0 Å². The summed E-state index contributed by atoms with van der Waals surface area (Å²) in [5.74, 6) is 0.544. The number of hydrogen-bond acceptors (Lipinski definition) is 4. The summed E-state index contributed by atoms with van der Waals surface area (Å²) in [6.45, 7) is 0.880. The lowest BCUT2D eigenvalue weighted by Crippen LogP contribution is -2.20. The fourth-order valence-corrected chi connectivity index (χ4v) is 2.00. The molecule has 1 aliphatic rings. The second kappa shape index (κ2) is 5.69. The molecule has 1 N–H and O–H groups in total. The van der Waals surface area contributed by atoms with Crippen molar-refractivity contribution in [3.63, 3.8) is 0 Å². The molecule has 0 saturated carbocycles. The van der Waals surface area contributed by atoms with Crippen LogP contribution >= 0.6 is 0 Å². The maximum atomic E-state index is 12.1. The predicted octanol–water partition coefficient (Wildman–Crippen LogP) is 2.77. The first-order valence-electron chi connectivity index (χ1n) is 6.17. The molecule has 1 unspecified atom stereocenters. The third kappa shape index (κ3) is 3.97. The first kappa shape index (κ1) is 13.3. The van der Waals surface area contributed by atoms with Crippen LogP contribution in [0.15, 0.2) is 4.52 Å². The first-order chi connectivity index (χ1) is 8.54. The minimum Gasteiger partial charge on any atom is -0.338 e. The summed E-state index contributed by atoms with van der Waals surface area (Å²) in [7, 11) is 0. The summed E-state index contributed by atoms with van der Waals surface area (Å²) in [5, 5.41) is 6.86. The maximum absolute atomic E-state index is 12.1. The zero-order valence-corrected chi connectivity index (χ0v) is 9.96. The summed E-state index contributed by atoms with van der Waals surface area (Å²) in [4.78, 5) is 4.04. The molecule has 1 aromatic heterocycles. The third-order valence-electron chi connectivity index (χ3n) is 2.97. The molecule has 1 aliphatic heterocycles. The highest BCUT2D eigenvalue weighted by molar-refractivity contribution is 4.94. The van der Waals surface area contributed by atoms with Crippen LogP contribution in [0, 0.1) is 0 Å². The van der Waals surface area contributed by atoms with Gasteiger partial charge in [0.05, 0.1) is 12.5 Å². The topological polar surface area (TPSA) is 51.0 Å². The monoisotopic (exact) mass is 263 g/mol. The fourth-order valence-electron chi connectivity index (χ4n) is 2.00. The molecule has 0 spiro atoms. The van der Waals surface area contributed by atoms with Crippen molar-refractivity contribution in [3.05, 3.63) is 11.7 Å². The molecule has 102 valence electrons. The summed E-state index contributed by atoms with van der Waals surface area (Å²) < 4.78 is 41.2. The van der Waals surface area contributed by atoms with Gasteiger partial charge in [0.15, 0.2) is 5.82 Å². The first-order valence-corrected chi connectivity index (χ1v) is 6.17. The zero-order chi connectivity index (χ0) is 13.0. The van der Waals surface area contributed by atoms with E-state index in [1.807, 2.05) is 0 Å². The van der Waals surface area contributed by atoms with Crippen molar-refractivity contribution in [1.29, 1.82) is 0 Å². The van der Waals surface area contributed by atoms with Gasteiger partial charge in [0, 0.05) is 6.42 Å². The lowest BCUT2D eigenvalue weighted by molar-refractivity contribution is -0.134. The van der Waals surface area contributed by atoms with E-state index in [-0.39, 0.29) is 18.3 Å². The minimum atomic E-state index is -4.18. The van der Waals surface area contributed by atoms with Crippen LogP contribution in [0.25, 0.3) is 0 Å². The van der Waals surface area contributed by atoms with Crippen LogP contribution in [-0.2, 0) is 6.42 Å². The summed E-state index contributed by atoms with van der Waals surface area (Å²) in [6, 6.07) is -0.0142. The number of alkyl halides is 3. The highest BCUT2D eigenvalue weighted by Crippen LogP contribution is 2.23. The molecule has 1 atom stereocenters. The van der Waals surface area contributed by atoms with Gasteiger partial charge in [0.2, 0.25) is 5.89 Å². The third-order valence-corrected chi connectivity index (χ3v) is 2.97. The van der Waals surface area contributed by atoms with Crippen LogP contribution in [0.4, 0.5) is 13.2 Å². The van der Waals surface area contributed by atoms with Gasteiger partial charge in [-0.3, -0.25) is 0 Å². The van der Waals surface area contributed by atoms with Gasteiger partial charge in [0.25, 0.3) is 0 Å². The lowest BCUT2D eigenvalue weighted by Gasteiger charge is -2.09. The molecule has 0 aromatic carbocycles. The standard InChI is InChI=1S/C11H16F3N3O/c12-11(13,14)6-5-9-16-10(18-17-9)8-4-2-1-3-7-15-8/h8,15H,1-7H2. The van der Waals surface area contributed by atoms with Crippen LogP contribution in [0.5, 0.6) is 0 Å². The highest BCUT2D eigenvalue weighted by Gasteiger charge is 2.28. The Morgan fingerprint density at radius 2 is 2.11 bits per heavy atom. The number of hydrogen-bond donors (Lipinski definition) is 1. The van der Waals surface area contributed by atoms with Crippen molar-refractivity contribution < 1.29 is 17.7 Å². The van der Waals surface area contributed by atoms with E-state index in [1.165, 1.54) is 0 Å². The molecule has 2 heterocycles. The van der Waals surface area contributed by atoms with Gasteiger partial charge < -0.3 is 9.84 Å². The van der Waals surface area contributed by atoms with E-state index in [0.29, 0.717) is 5.89 Å². The molecule has 1 fully saturated rings. The number of aromatic nitrogens is 2. The van der Waals surface area contributed by atoms with Crippen molar-refractivity contribution in [3.8, 4) is 0 Å². The number of nitrogens with zero attached hydrogens (tertiary/aromatic N) is 2. The largest absolute Gasteiger partial charge is 0.389 e. The van der Waals surface area contributed by atoms with Crippen molar-refractivity contribution >= 4 is 0 Å². The van der Waals surface area contributed by atoms with E-state index in [4.69, 9.17) is 4.52 Å². The number of halogens is 3. The van der Waals surface area contributed by atoms with Crippen molar-refractivity contribution in [1.82, 2.24) is 15.5 Å². The van der Waals surface area contributed by atoms with E-state index in [9.17, 15) is 13.2 Å². The van der Waals surface area contributed by atoms with Crippen LogP contribution in [0.3, 0.4) is 0 Å². The molecular weight excluding hydrogens is 247 g/mol. The Morgan fingerprint density at radius 1 is 1.28 bits per heavy atom. The average molecular weight is 263 g/mol. The van der Waals surface area contributed by atoms with Crippen molar-refractivity contribution in [2.24, 2.45) is 0 Å². The van der Waals surface area contributed by atoms with Crippen LogP contribution in [0.2, 0.25) is 0 Å². The van der Waals surface area contributed by atoms with E-state index >= 15 is 0 Å². The van der Waals surface area contributed by atoms with Gasteiger partial charge in [-0.05, 0) is 19.4 Å². The second-order valence-electron chi connectivity index (χ2n) is 4.52. The Labute approximate surface area is 103 Å². The van der Waals surface area contributed by atoms with Gasteiger partial charge in [0.1, 0.15) is 0 Å². The molecule has 18 heavy (non-hydrogen) atoms. The Kier molecular flexibility index (Phi) is 4.21. The quantitative estimate of drug-likeness (QED) is 0.911. The minimum absolute atomic E-state index is 0.0142. The van der Waals surface area contributed by atoms with Crippen molar-refractivity contribution in [2.45, 2.75) is 50.7 Å². The molecule has 0 aliphatic carbocycles. The van der Waals surface area contributed by atoms with E-state index in [1.54, 1.807) is 0 Å². The Bertz CT molecular complexity index is 370. The van der Waals surface area contributed by atoms with Gasteiger partial charge in [-0.2, -0.15) is 18.2 Å².